The topological polar surface area (TPSA) is 61.9 Å². The van der Waals surface area contributed by atoms with Crippen molar-refractivity contribution >= 4 is 0 Å². The summed E-state index contributed by atoms with van der Waals surface area (Å²) >= 11 is 0. The third kappa shape index (κ3) is 2.90. The number of nitrogens with zero attached hydrogens (tertiary/aromatic N) is 4. The first-order valence-electron chi connectivity index (χ1n) is 7.13. The van der Waals surface area contributed by atoms with E-state index in [0.717, 1.165) is 14.9 Å². The first-order chi connectivity index (χ1) is 11.5. The zero-order valence-electron chi connectivity index (χ0n) is 13.0. The van der Waals surface area contributed by atoms with Crippen LogP contribution in [0.2, 0.25) is 0 Å². The second kappa shape index (κ2) is 6.23. The van der Waals surface area contributed by atoms with Crippen LogP contribution in [0.1, 0.15) is 11.1 Å². The van der Waals surface area contributed by atoms with E-state index in [-0.39, 0.29) is 23.6 Å². The fraction of sp³-hybridized carbons (Fsp3) is 0.188. The Hall–Kier alpha value is -3.03. The molecule has 124 valence electrons. The molecule has 0 aliphatic rings. The van der Waals surface area contributed by atoms with Gasteiger partial charge < -0.3 is 4.74 Å². The van der Waals surface area contributed by atoms with Gasteiger partial charge in [-0.1, -0.05) is 12.1 Å². The van der Waals surface area contributed by atoms with Crippen molar-refractivity contribution in [1.82, 2.24) is 19.8 Å². The second-order valence-corrected chi connectivity index (χ2v) is 5.26. The van der Waals surface area contributed by atoms with Crippen molar-refractivity contribution in [3.05, 3.63) is 69.6 Å². The van der Waals surface area contributed by atoms with Crippen molar-refractivity contribution in [2.75, 3.05) is 0 Å². The van der Waals surface area contributed by atoms with Crippen LogP contribution in [0.4, 0.5) is 8.78 Å². The highest BCUT2D eigenvalue weighted by atomic mass is 19.1. The molecule has 0 bridgehead atoms. The summed E-state index contributed by atoms with van der Waals surface area (Å²) in [6.45, 7) is 1.49. The van der Waals surface area contributed by atoms with Gasteiger partial charge in [0, 0.05) is 7.05 Å². The van der Waals surface area contributed by atoms with Gasteiger partial charge in [-0.25, -0.2) is 13.6 Å². The van der Waals surface area contributed by atoms with Crippen LogP contribution in [0.5, 0.6) is 5.75 Å². The van der Waals surface area contributed by atoms with Crippen LogP contribution in [0, 0.1) is 18.6 Å². The normalized spacial score (nSPS) is 10.8. The molecule has 0 saturated heterocycles. The lowest BCUT2D eigenvalue weighted by molar-refractivity contribution is 0.284. The van der Waals surface area contributed by atoms with E-state index in [1.54, 1.807) is 13.0 Å². The van der Waals surface area contributed by atoms with Gasteiger partial charge in [0.2, 0.25) is 0 Å². The van der Waals surface area contributed by atoms with E-state index in [1.165, 1.54) is 37.4 Å². The predicted molar refractivity (Wildman–Crippen MR) is 82.0 cm³/mol. The fourth-order valence-corrected chi connectivity index (χ4v) is 2.23. The molecule has 24 heavy (non-hydrogen) atoms. The van der Waals surface area contributed by atoms with E-state index >= 15 is 0 Å². The molecule has 2 aromatic carbocycles. The fourth-order valence-electron chi connectivity index (χ4n) is 2.23. The first-order valence-corrected chi connectivity index (χ1v) is 7.13. The van der Waals surface area contributed by atoms with Crippen molar-refractivity contribution in [2.24, 2.45) is 7.05 Å². The summed E-state index contributed by atoms with van der Waals surface area (Å²) in [6.07, 6.45) is 0. The Bertz CT molecular complexity index is 949. The Morgan fingerprint density at radius 2 is 1.92 bits per heavy atom. The molecule has 0 atom stereocenters. The van der Waals surface area contributed by atoms with Crippen molar-refractivity contribution in [3.8, 4) is 11.4 Å². The van der Waals surface area contributed by atoms with Gasteiger partial charge in [-0.2, -0.15) is 9.36 Å². The minimum Gasteiger partial charge on any atom is -0.486 e. The number of hydrogen-bond donors (Lipinski definition) is 0. The van der Waals surface area contributed by atoms with Crippen LogP contribution in [0.25, 0.3) is 5.69 Å². The lowest BCUT2D eigenvalue weighted by Gasteiger charge is -2.12. The molecule has 0 fully saturated rings. The molecule has 0 unspecified atom stereocenters. The molecule has 6 nitrogen and oxygen atoms in total. The summed E-state index contributed by atoms with van der Waals surface area (Å²) in [5.41, 5.74) is 0.501. The van der Waals surface area contributed by atoms with Gasteiger partial charge in [-0.05, 0) is 47.2 Å². The Morgan fingerprint density at radius 3 is 2.58 bits per heavy atom. The molecular weight excluding hydrogens is 318 g/mol. The van der Waals surface area contributed by atoms with E-state index < -0.39 is 17.3 Å². The minimum atomic E-state index is -0.586. The molecule has 0 spiro atoms. The van der Waals surface area contributed by atoms with E-state index in [2.05, 4.69) is 10.4 Å². The van der Waals surface area contributed by atoms with Gasteiger partial charge in [0.1, 0.15) is 12.4 Å². The van der Waals surface area contributed by atoms with E-state index in [1.807, 2.05) is 0 Å². The average Bonchev–Trinajstić information content (AvgIpc) is 2.87. The van der Waals surface area contributed by atoms with Gasteiger partial charge >= 0.3 is 5.69 Å². The lowest BCUT2D eigenvalue weighted by Crippen LogP contribution is -2.23. The van der Waals surface area contributed by atoms with Crippen molar-refractivity contribution in [2.45, 2.75) is 13.5 Å². The summed E-state index contributed by atoms with van der Waals surface area (Å²) in [6, 6.07) is 8.68. The lowest BCUT2D eigenvalue weighted by atomic mass is 10.1. The Balaban J connectivity index is 1.96. The van der Waals surface area contributed by atoms with Gasteiger partial charge in [-0.3, -0.25) is 0 Å². The van der Waals surface area contributed by atoms with Crippen LogP contribution in [-0.4, -0.2) is 19.8 Å². The number of hydrogen-bond acceptors (Lipinski definition) is 4. The van der Waals surface area contributed by atoms with E-state index in [9.17, 15) is 13.6 Å². The first kappa shape index (κ1) is 15.9. The molecule has 0 aliphatic carbocycles. The number of aromatic nitrogens is 4. The monoisotopic (exact) mass is 332 g/mol. The van der Waals surface area contributed by atoms with Crippen molar-refractivity contribution < 1.29 is 13.5 Å². The highest BCUT2D eigenvalue weighted by Gasteiger charge is 2.16. The largest absolute Gasteiger partial charge is 0.486 e. The molecular formula is C16H14F2N4O2. The van der Waals surface area contributed by atoms with Crippen LogP contribution in [-0.2, 0) is 13.7 Å². The maximum Gasteiger partial charge on any atom is 0.368 e. The van der Waals surface area contributed by atoms with Gasteiger partial charge in [0.15, 0.2) is 11.6 Å². The molecule has 3 aromatic rings. The number of benzene rings is 2. The van der Waals surface area contributed by atoms with Gasteiger partial charge in [0.25, 0.3) is 0 Å². The SMILES string of the molecule is Cc1ccc(OCc2c(F)cccc2-n2nnn(C)c2=O)c(F)c1. The smallest absolute Gasteiger partial charge is 0.368 e. The van der Waals surface area contributed by atoms with Crippen LogP contribution < -0.4 is 10.4 Å². The summed E-state index contributed by atoms with van der Waals surface area (Å²) in [4.78, 5) is 12.0. The second-order valence-electron chi connectivity index (χ2n) is 5.26. The maximum absolute atomic E-state index is 14.2. The molecule has 8 heteroatoms. The van der Waals surface area contributed by atoms with Crippen molar-refractivity contribution in [1.29, 1.82) is 0 Å². The number of ether oxygens (including phenoxy) is 1. The zero-order valence-corrected chi connectivity index (χ0v) is 13.0. The summed E-state index contributed by atoms with van der Waals surface area (Å²) in [5.74, 6) is -1.12. The summed E-state index contributed by atoms with van der Waals surface area (Å²) < 4.78 is 35.4. The Labute approximate surface area is 135 Å². The molecule has 0 amide bonds. The number of tetrazole rings is 1. The molecule has 1 heterocycles. The summed E-state index contributed by atoms with van der Waals surface area (Å²) in [7, 11) is 1.43. The number of aryl methyl sites for hydroxylation is 2. The van der Waals surface area contributed by atoms with Crippen molar-refractivity contribution in [3.63, 3.8) is 0 Å². The number of halogens is 2. The average molecular weight is 332 g/mol. The van der Waals surface area contributed by atoms with Crippen LogP contribution in [0.15, 0.2) is 41.2 Å². The molecule has 0 aliphatic heterocycles. The molecule has 1 aromatic heterocycles. The van der Waals surface area contributed by atoms with E-state index in [0.29, 0.717) is 0 Å². The van der Waals surface area contributed by atoms with Crippen LogP contribution >= 0.6 is 0 Å². The third-order valence-electron chi connectivity index (χ3n) is 3.50. The van der Waals surface area contributed by atoms with Gasteiger partial charge in [0.05, 0.1) is 11.3 Å². The van der Waals surface area contributed by atoms with E-state index in [4.69, 9.17) is 4.74 Å². The highest BCUT2D eigenvalue weighted by molar-refractivity contribution is 5.41. The zero-order chi connectivity index (χ0) is 17.3. The standard InChI is InChI=1S/C16H14F2N4O2/c1-10-6-7-15(13(18)8-10)24-9-11-12(17)4-3-5-14(11)22-16(23)21(2)19-20-22/h3-8H,9H2,1-2H3. The number of rotatable bonds is 4. The maximum atomic E-state index is 14.2. The van der Waals surface area contributed by atoms with Gasteiger partial charge in [-0.15, -0.1) is 0 Å². The third-order valence-corrected chi connectivity index (χ3v) is 3.50. The molecule has 0 radical (unpaired) electrons. The van der Waals surface area contributed by atoms with Crippen LogP contribution in [0.3, 0.4) is 0 Å². The molecule has 0 saturated carbocycles. The quantitative estimate of drug-likeness (QED) is 0.734. The molecule has 0 N–H and O–H groups in total. The Kier molecular flexibility index (Phi) is 4.11. The molecule has 3 rings (SSSR count). The Morgan fingerprint density at radius 1 is 1.12 bits per heavy atom. The highest BCUT2D eigenvalue weighted by Crippen LogP contribution is 2.22. The summed E-state index contributed by atoms with van der Waals surface area (Å²) in [5, 5.41) is 7.29. The predicted octanol–water partition coefficient (Wildman–Crippen LogP) is 2.13. The minimum absolute atomic E-state index is 0.00120.